The molecule has 0 aliphatic carbocycles. The fourth-order valence-corrected chi connectivity index (χ4v) is 1.80. The fraction of sp³-hybridized carbons (Fsp3) is 0.700. The molecule has 15 heavy (non-hydrogen) atoms. The first kappa shape index (κ1) is 12.2. The van der Waals surface area contributed by atoms with Gasteiger partial charge in [-0.2, -0.15) is 0 Å². The number of imidazole rings is 1. The molecular weight excluding hydrogens is 210 g/mol. The van der Waals surface area contributed by atoms with Gasteiger partial charge in [0.1, 0.15) is 0 Å². The molecule has 1 aromatic rings. The van der Waals surface area contributed by atoms with E-state index in [0.29, 0.717) is 12.3 Å². The van der Waals surface area contributed by atoms with Crippen LogP contribution in [-0.4, -0.2) is 32.3 Å². The average Bonchev–Trinajstić information content (AvgIpc) is 2.47. The molecule has 1 N–H and O–H groups in total. The molecule has 0 saturated heterocycles. The van der Waals surface area contributed by atoms with Crippen LogP contribution in [0.25, 0.3) is 0 Å². The Kier molecular flexibility index (Phi) is 4.81. The van der Waals surface area contributed by atoms with Crippen LogP contribution >= 0.6 is 0 Å². The Balaban J connectivity index is 2.54. The summed E-state index contributed by atoms with van der Waals surface area (Å²) in [4.78, 5) is 4.38. The van der Waals surface area contributed by atoms with Gasteiger partial charge in [0.2, 0.25) is 5.95 Å². The van der Waals surface area contributed by atoms with E-state index in [2.05, 4.69) is 21.8 Å². The zero-order valence-electron chi connectivity index (χ0n) is 9.62. The molecule has 0 aliphatic rings. The van der Waals surface area contributed by atoms with Gasteiger partial charge in [-0.1, -0.05) is 6.92 Å². The zero-order chi connectivity index (χ0) is 11.3. The lowest BCUT2D eigenvalue weighted by molar-refractivity contribution is 0.680. The summed E-state index contributed by atoms with van der Waals surface area (Å²) in [5.41, 5.74) is 1.02. The smallest absolute Gasteiger partial charge is 0.203 e. The molecule has 1 rings (SSSR count). The number of nitrogens with one attached hydrogen (secondary N) is 1. The maximum atomic E-state index is 10.9. The summed E-state index contributed by atoms with van der Waals surface area (Å²) in [6.07, 6.45) is 4.84. The molecule has 0 amide bonds. The molecule has 4 nitrogen and oxygen atoms in total. The standard InChI is InChI=1S/C10H19N3OS/c1-4-6-13-8-9(2)12-10(13)11-5-7-15(3)14/h8H,4-7H2,1-3H3,(H,11,12). The van der Waals surface area contributed by atoms with E-state index >= 15 is 0 Å². The molecule has 0 aromatic carbocycles. The van der Waals surface area contributed by atoms with E-state index in [0.717, 1.165) is 24.6 Å². The number of aryl methyl sites for hydroxylation is 2. The molecule has 0 fully saturated rings. The summed E-state index contributed by atoms with van der Waals surface area (Å²) in [6, 6.07) is 0. The molecule has 1 unspecified atom stereocenters. The second-order valence-corrected chi connectivity index (χ2v) is 5.16. The van der Waals surface area contributed by atoms with Crippen molar-refractivity contribution < 1.29 is 4.21 Å². The highest BCUT2D eigenvalue weighted by Crippen LogP contribution is 2.08. The second-order valence-electron chi connectivity index (χ2n) is 3.60. The lowest BCUT2D eigenvalue weighted by atomic mass is 10.5. The van der Waals surface area contributed by atoms with Crippen molar-refractivity contribution in [2.45, 2.75) is 26.8 Å². The van der Waals surface area contributed by atoms with Gasteiger partial charge in [0.25, 0.3) is 0 Å². The quantitative estimate of drug-likeness (QED) is 0.802. The maximum Gasteiger partial charge on any atom is 0.203 e. The normalized spacial score (nSPS) is 12.7. The zero-order valence-corrected chi connectivity index (χ0v) is 10.4. The highest BCUT2D eigenvalue weighted by molar-refractivity contribution is 7.84. The van der Waals surface area contributed by atoms with Crippen molar-refractivity contribution in [2.75, 3.05) is 23.9 Å². The predicted molar refractivity (Wildman–Crippen MR) is 64.7 cm³/mol. The summed E-state index contributed by atoms with van der Waals surface area (Å²) in [5, 5.41) is 3.21. The lowest BCUT2D eigenvalue weighted by Gasteiger charge is -2.07. The van der Waals surface area contributed by atoms with E-state index in [1.54, 1.807) is 6.26 Å². The van der Waals surface area contributed by atoms with Gasteiger partial charge in [0.15, 0.2) is 0 Å². The Labute approximate surface area is 93.5 Å². The van der Waals surface area contributed by atoms with E-state index in [4.69, 9.17) is 0 Å². The predicted octanol–water partition coefficient (Wildman–Crippen LogP) is 1.39. The molecule has 0 spiro atoms. The van der Waals surface area contributed by atoms with E-state index < -0.39 is 10.8 Å². The van der Waals surface area contributed by atoms with E-state index in [9.17, 15) is 4.21 Å². The number of nitrogens with zero attached hydrogens (tertiary/aromatic N) is 2. The summed E-state index contributed by atoms with van der Waals surface area (Å²) in [5.74, 6) is 1.55. The molecule has 1 aromatic heterocycles. The van der Waals surface area contributed by atoms with Crippen molar-refractivity contribution in [2.24, 2.45) is 0 Å². The van der Waals surface area contributed by atoms with Crippen LogP contribution in [0.2, 0.25) is 0 Å². The molecule has 1 atom stereocenters. The van der Waals surface area contributed by atoms with Gasteiger partial charge in [-0.15, -0.1) is 0 Å². The number of rotatable bonds is 6. The Morgan fingerprint density at radius 3 is 2.93 bits per heavy atom. The number of aromatic nitrogens is 2. The van der Waals surface area contributed by atoms with Crippen LogP contribution in [0.5, 0.6) is 0 Å². The highest BCUT2D eigenvalue weighted by Gasteiger charge is 2.03. The molecule has 1 heterocycles. The third-order valence-electron chi connectivity index (χ3n) is 2.03. The lowest BCUT2D eigenvalue weighted by Crippen LogP contribution is -2.13. The van der Waals surface area contributed by atoms with Gasteiger partial charge in [-0.05, 0) is 13.3 Å². The average molecular weight is 229 g/mol. The van der Waals surface area contributed by atoms with Crippen LogP contribution in [-0.2, 0) is 17.3 Å². The molecule has 0 aliphatic heterocycles. The van der Waals surface area contributed by atoms with Gasteiger partial charge < -0.3 is 9.88 Å². The monoisotopic (exact) mass is 229 g/mol. The van der Waals surface area contributed by atoms with Gasteiger partial charge in [0, 0.05) is 42.1 Å². The van der Waals surface area contributed by atoms with Crippen LogP contribution in [0.1, 0.15) is 19.0 Å². The van der Waals surface area contributed by atoms with Crippen LogP contribution in [0.3, 0.4) is 0 Å². The summed E-state index contributed by atoms with van der Waals surface area (Å²) >= 11 is 0. The van der Waals surface area contributed by atoms with E-state index in [1.807, 2.05) is 13.1 Å². The van der Waals surface area contributed by atoms with Crippen LogP contribution in [0.15, 0.2) is 6.20 Å². The Hall–Kier alpha value is -0.840. The fourth-order valence-electron chi connectivity index (χ4n) is 1.41. The van der Waals surface area contributed by atoms with Crippen LogP contribution in [0.4, 0.5) is 5.95 Å². The number of hydrogen-bond donors (Lipinski definition) is 1. The van der Waals surface area contributed by atoms with Gasteiger partial charge in [-0.25, -0.2) is 4.98 Å². The van der Waals surface area contributed by atoms with Gasteiger partial charge in [-0.3, -0.25) is 4.21 Å². The largest absolute Gasteiger partial charge is 0.355 e. The van der Waals surface area contributed by atoms with E-state index in [1.165, 1.54) is 0 Å². The topological polar surface area (TPSA) is 46.9 Å². The minimum absolute atomic E-state index is 0.665. The minimum atomic E-state index is -0.742. The van der Waals surface area contributed by atoms with E-state index in [-0.39, 0.29) is 0 Å². The molecular formula is C10H19N3OS. The number of hydrogen-bond acceptors (Lipinski definition) is 3. The first-order chi connectivity index (χ1) is 7.13. The minimum Gasteiger partial charge on any atom is -0.355 e. The molecule has 0 saturated carbocycles. The summed E-state index contributed by atoms with van der Waals surface area (Å²) in [6.45, 7) is 5.80. The molecule has 0 bridgehead atoms. The van der Waals surface area contributed by atoms with Crippen LogP contribution < -0.4 is 5.32 Å². The van der Waals surface area contributed by atoms with Crippen molar-refractivity contribution in [3.05, 3.63) is 11.9 Å². The van der Waals surface area contributed by atoms with Crippen molar-refractivity contribution >= 4 is 16.7 Å². The summed E-state index contributed by atoms with van der Waals surface area (Å²) < 4.78 is 13.0. The number of anilines is 1. The third-order valence-corrected chi connectivity index (χ3v) is 2.81. The van der Waals surface area contributed by atoms with Crippen molar-refractivity contribution in [3.63, 3.8) is 0 Å². The molecule has 86 valence electrons. The van der Waals surface area contributed by atoms with Gasteiger partial charge in [0.05, 0.1) is 5.69 Å². The van der Waals surface area contributed by atoms with Crippen molar-refractivity contribution in [3.8, 4) is 0 Å². The Bertz CT molecular complexity index is 335. The maximum absolute atomic E-state index is 10.9. The Morgan fingerprint density at radius 1 is 1.60 bits per heavy atom. The third kappa shape index (κ3) is 4.03. The molecule has 5 heteroatoms. The van der Waals surface area contributed by atoms with Gasteiger partial charge >= 0.3 is 0 Å². The highest BCUT2D eigenvalue weighted by atomic mass is 32.2. The first-order valence-electron chi connectivity index (χ1n) is 5.21. The van der Waals surface area contributed by atoms with Crippen molar-refractivity contribution in [1.82, 2.24) is 9.55 Å². The van der Waals surface area contributed by atoms with Crippen LogP contribution in [0, 0.1) is 6.92 Å². The molecule has 0 radical (unpaired) electrons. The summed E-state index contributed by atoms with van der Waals surface area (Å²) in [7, 11) is -0.742. The Morgan fingerprint density at radius 2 is 2.33 bits per heavy atom. The SMILES string of the molecule is CCCn1cc(C)nc1NCCS(C)=O. The first-order valence-corrected chi connectivity index (χ1v) is 6.94. The second kappa shape index (κ2) is 5.90. The van der Waals surface area contributed by atoms with Crippen molar-refractivity contribution in [1.29, 1.82) is 0 Å².